The fourth-order valence-corrected chi connectivity index (χ4v) is 2.50. The van der Waals surface area contributed by atoms with Gasteiger partial charge in [0.25, 0.3) is 0 Å². The molecule has 3 heteroatoms. The highest BCUT2D eigenvalue weighted by Crippen LogP contribution is 2.21. The number of hydrogen-bond acceptors (Lipinski definition) is 2. The smallest absolute Gasteiger partial charge is 0.131 e. The molecule has 0 fully saturated rings. The quantitative estimate of drug-likeness (QED) is 0.613. The average Bonchev–Trinajstić information content (AvgIpc) is 2.59. The van der Waals surface area contributed by atoms with E-state index in [9.17, 15) is 14.6 Å². The Morgan fingerprint density at radius 2 is 1.20 bits per heavy atom. The van der Waals surface area contributed by atoms with Gasteiger partial charge in [0.2, 0.25) is 0 Å². The topological polar surface area (TPSA) is 40.5 Å². The fourth-order valence-electron chi connectivity index (χ4n) is 2.50. The third-order valence-corrected chi connectivity index (χ3v) is 3.72. The van der Waals surface area contributed by atoms with Crippen LogP contribution in [-0.2, 0) is 0 Å². The molecule has 0 aliphatic rings. The Bertz CT molecular complexity index is 942. The summed E-state index contributed by atoms with van der Waals surface area (Å²) in [6.07, 6.45) is 7.07. The Labute approximate surface area is 145 Å². The van der Waals surface area contributed by atoms with Crippen LogP contribution in [-0.4, -0.2) is 10.2 Å². The van der Waals surface area contributed by atoms with Crippen LogP contribution in [0.5, 0.6) is 11.5 Å². The van der Waals surface area contributed by atoms with Crippen molar-refractivity contribution in [2.24, 2.45) is 0 Å². The van der Waals surface area contributed by atoms with Crippen LogP contribution in [0.25, 0.3) is 24.3 Å². The van der Waals surface area contributed by atoms with Crippen LogP contribution < -0.4 is 0 Å². The minimum absolute atomic E-state index is 0.166. The first-order chi connectivity index (χ1) is 12.1. The summed E-state index contributed by atoms with van der Waals surface area (Å²) < 4.78 is 14.2. The van der Waals surface area contributed by atoms with Gasteiger partial charge in [0.05, 0.1) is 0 Å². The zero-order valence-corrected chi connectivity index (χ0v) is 13.4. The van der Waals surface area contributed by atoms with Gasteiger partial charge in [0.15, 0.2) is 0 Å². The normalized spacial score (nSPS) is 11.4. The van der Waals surface area contributed by atoms with Gasteiger partial charge in [-0.2, -0.15) is 0 Å². The van der Waals surface area contributed by atoms with Crippen molar-refractivity contribution in [2.45, 2.75) is 0 Å². The number of halogens is 1. The van der Waals surface area contributed by atoms with E-state index in [1.54, 1.807) is 60.7 Å². The second kappa shape index (κ2) is 7.49. The summed E-state index contributed by atoms with van der Waals surface area (Å²) >= 11 is 0. The highest BCUT2D eigenvalue weighted by molar-refractivity contribution is 5.80. The summed E-state index contributed by atoms with van der Waals surface area (Å²) in [7, 11) is 0. The van der Waals surface area contributed by atoms with Crippen molar-refractivity contribution in [1.29, 1.82) is 0 Å². The van der Waals surface area contributed by atoms with E-state index in [1.807, 2.05) is 24.3 Å². The molecule has 0 aliphatic heterocycles. The van der Waals surface area contributed by atoms with E-state index in [-0.39, 0.29) is 17.3 Å². The molecule has 0 bridgehead atoms. The van der Waals surface area contributed by atoms with E-state index in [4.69, 9.17) is 0 Å². The molecule has 0 saturated carbocycles. The Hall–Kier alpha value is -3.33. The number of benzene rings is 3. The van der Waals surface area contributed by atoms with Gasteiger partial charge >= 0.3 is 0 Å². The SMILES string of the molecule is Oc1cccc(/C=C\c2cccc(F)c2/C=C\c2cccc(O)c2)c1. The molecule has 2 N–H and O–H groups in total. The third kappa shape index (κ3) is 4.36. The van der Waals surface area contributed by atoms with Gasteiger partial charge in [0.1, 0.15) is 17.3 Å². The van der Waals surface area contributed by atoms with E-state index in [0.717, 1.165) is 16.7 Å². The monoisotopic (exact) mass is 332 g/mol. The van der Waals surface area contributed by atoms with Crippen LogP contribution in [0.3, 0.4) is 0 Å². The lowest BCUT2D eigenvalue weighted by atomic mass is 10.0. The highest BCUT2D eigenvalue weighted by Gasteiger charge is 2.03. The zero-order chi connectivity index (χ0) is 17.6. The van der Waals surface area contributed by atoms with Crippen molar-refractivity contribution in [1.82, 2.24) is 0 Å². The van der Waals surface area contributed by atoms with Crippen molar-refractivity contribution in [3.63, 3.8) is 0 Å². The Morgan fingerprint density at radius 3 is 1.80 bits per heavy atom. The van der Waals surface area contributed by atoms with Crippen LogP contribution >= 0.6 is 0 Å². The Balaban J connectivity index is 1.92. The summed E-state index contributed by atoms with van der Waals surface area (Å²) in [5.41, 5.74) is 2.79. The van der Waals surface area contributed by atoms with Crippen LogP contribution in [0.1, 0.15) is 22.3 Å². The van der Waals surface area contributed by atoms with Crippen LogP contribution in [0.15, 0.2) is 66.7 Å². The molecule has 0 atom stereocenters. The molecule has 25 heavy (non-hydrogen) atoms. The first-order valence-electron chi connectivity index (χ1n) is 7.84. The molecule has 124 valence electrons. The summed E-state index contributed by atoms with van der Waals surface area (Å²) in [5, 5.41) is 19.0. The first kappa shape index (κ1) is 16.5. The molecular formula is C22H17FO2. The van der Waals surface area contributed by atoms with Gasteiger partial charge in [-0.3, -0.25) is 0 Å². The Morgan fingerprint density at radius 1 is 0.640 bits per heavy atom. The largest absolute Gasteiger partial charge is 0.508 e. The molecule has 2 nitrogen and oxygen atoms in total. The van der Waals surface area contributed by atoms with Crippen LogP contribution in [0, 0.1) is 5.82 Å². The van der Waals surface area contributed by atoms with Gasteiger partial charge < -0.3 is 10.2 Å². The predicted octanol–water partition coefficient (Wildman–Crippen LogP) is 5.58. The van der Waals surface area contributed by atoms with Gasteiger partial charge in [0, 0.05) is 5.56 Å². The second-order valence-corrected chi connectivity index (χ2v) is 5.60. The van der Waals surface area contributed by atoms with Crippen molar-refractivity contribution in [3.05, 3.63) is 94.8 Å². The molecule has 3 aromatic rings. The van der Waals surface area contributed by atoms with E-state index < -0.39 is 0 Å². The standard InChI is InChI=1S/C22H17FO2/c23-22-9-3-6-18(12-10-16-4-1-7-19(24)14-16)21(22)13-11-17-5-2-8-20(25)15-17/h1-15,24-25H/b12-10-,13-11-. The average molecular weight is 332 g/mol. The molecule has 0 spiro atoms. The fraction of sp³-hybridized carbons (Fsp3) is 0. The van der Waals surface area contributed by atoms with Crippen LogP contribution in [0.2, 0.25) is 0 Å². The minimum Gasteiger partial charge on any atom is -0.508 e. The molecule has 0 saturated heterocycles. The summed E-state index contributed by atoms with van der Waals surface area (Å²) in [4.78, 5) is 0. The highest BCUT2D eigenvalue weighted by atomic mass is 19.1. The van der Waals surface area contributed by atoms with E-state index in [1.165, 1.54) is 6.07 Å². The van der Waals surface area contributed by atoms with Crippen molar-refractivity contribution < 1.29 is 14.6 Å². The van der Waals surface area contributed by atoms with E-state index in [2.05, 4.69) is 0 Å². The number of hydrogen-bond donors (Lipinski definition) is 2. The maximum Gasteiger partial charge on any atom is 0.131 e. The van der Waals surface area contributed by atoms with Crippen molar-refractivity contribution >= 4 is 24.3 Å². The molecule has 0 radical (unpaired) electrons. The first-order valence-corrected chi connectivity index (χ1v) is 7.84. The number of phenols is 2. The Kier molecular flexibility index (Phi) is 4.95. The zero-order valence-electron chi connectivity index (χ0n) is 13.4. The lowest BCUT2D eigenvalue weighted by molar-refractivity contribution is 0.474. The molecule has 0 aliphatic carbocycles. The van der Waals surface area contributed by atoms with Gasteiger partial charge in [-0.1, -0.05) is 60.7 Å². The predicted molar refractivity (Wildman–Crippen MR) is 100 cm³/mol. The lowest BCUT2D eigenvalue weighted by Gasteiger charge is -2.03. The minimum atomic E-state index is -0.325. The van der Waals surface area contributed by atoms with Gasteiger partial charge in [-0.15, -0.1) is 0 Å². The molecule has 0 aromatic heterocycles. The molecule has 3 aromatic carbocycles. The number of aromatic hydroxyl groups is 2. The molecule has 0 heterocycles. The summed E-state index contributed by atoms with van der Waals surface area (Å²) in [6.45, 7) is 0. The molecular weight excluding hydrogens is 315 g/mol. The van der Waals surface area contributed by atoms with E-state index in [0.29, 0.717) is 5.56 Å². The van der Waals surface area contributed by atoms with Gasteiger partial charge in [-0.25, -0.2) is 4.39 Å². The van der Waals surface area contributed by atoms with Gasteiger partial charge in [-0.05, 0) is 47.0 Å². The van der Waals surface area contributed by atoms with Crippen LogP contribution in [0.4, 0.5) is 4.39 Å². The molecule has 0 amide bonds. The van der Waals surface area contributed by atoms with E-state index >= 15 is 0 Å². The number of rotatable bonds is 4. The lowest BCUT2D eigenvalue weighted by Crippen LogP contribution is -1.87. The van der Waals surface area contributed by atoms with Crippen molar-refractivity contribution in [3.8, 4) is 11.5 Å². The molecule has 0 unspecified atom stereocenters. The molecule has 3 rings (SSSR count). The maximum atomic E-state index is 14.2. The third-order valence-electron chi connectivity index (χ3n) is 3.72. The maximum absolute atomic E-state index is 14.2. The summed E-state index contributed by atoms with van der Waals surface area (Å²) in [6, 6.07) is 18.5. The summed E-state index contributed by atoms with van der Waals surface area (Å²) in [5.74, 6) is 0.0274. The number of phenolic OH excluding ortho intramolecular Hbond substituents is 2. The van der Waals surface area contributed by atoms with Crippen molar-refractivity contribution in [2.75, 3.05) is 0 Å². The second-order valence-electron chi connectivity index (χ2n) is 5.60.